The van der Waals surface area contributed by atoms with Crippen LogP contribution in [0.25, 0.3) is 0 Å². The average Bonchev–Trinajstić information content (AvgIpc) is 2.95. The molecule has 3 heteroatoms. The number of amides is 2. The molecule has 0 aliphatic carbocycles. The molecule has 0 aromatic carbocycles. The molecule has 3 aliphatic rings. The molecule has 3 fully saturated rings. The number of urea groups is 1. The maximum absolute atomic E-state index is 12.1. The van der Waals surface area contributed by atoms with Gasteiger partial charge in [-0.3, -0.25) is 0 Å². The van der Waals surface area contributed by atoms with Crippen molar-refractivity contribution in [1.82, 2.24) is 0 Å². The average molecular weight is 168 g/mol. The van der Waals surface area contributed by atoms with Crippen molar-refractivity contribution >= 4 is 6.03 Å². The fourth-order valence-electron chi connectivity index (χ4n) is 2.54. The molecule has 0 unspecified atom stereocenters. The molecule has 66 valence electrons. The van der Waals surface area contributed by atoms with Crippen LogP contribution < -0.4 is 0 Å². The van der Waals surface area contributed by atoms with Crippen molar-refractivity contribution in [2.45, 2.75) is 12.8 Å². The molecule has 0 aromatic heterocycles. The quantitative estimate of drug-likeness (QED) is 0.381. The maximum atomic E-state index is 12.1. The van der Waals surface area contributed by atoms with Crippen LogP contribution in [0.1, 0.15) is 12.8 Å². The van der Waals surface area contributed by atoms with Gasteiger partial charge in [-0.15, -0.1) is 0 Å². The number of rotatable bonds is 0. The second-order valence-electron chi connectivity index (χ2n) is 4.62. The zero-order valence-electron chi connectivity index (χ0n) is 7.46. The molecular formula is C9H16N2O+2. The standard InChI is InChI=1S/C9H16N2O/c12-9-10(5-6-10)3-1-2-4-11(9)7-8-11/h1-8H2/q+2. The summed E-state index contributed by atoms with van der Waals surface area (Å²) in [5, 5.41) is 0. The Bertz CT molecular complexity index is 217. The summed E-state index contributed by atoms with van der Waals surface area (Å²) >= 11 is 0. The van der Waals surface area contributed by atoms with E-state index >= 15 is 0 Å². The highest BCUT2D eigenvalue weighted by molar-refractivity contribution is 5.62. The molecule has 0 aromatic rings. The molecule has 3 saturated heterocycles. The predicted octanol–water partition coefficient (Wildman–Crippen LogP) is 0.561. The SMILES string of the molecule is O=C1[N+]2(CCCC[N+]13CC3)CC2. The van der Waals surface area contributed by atoms with Gasteiger partial charge >= 0.3 is 6.03 Å². The van der Waals surface area contributed by atoms with Crippen LogP contribution in [-0.2, 0) is 0 Å². The Morgan fingerprint density at radius 1 is 0.750 bits per heavy atom. The predicted molar refractivity (Wildman–Crippen MR) is 44.4 cm³/mol. The van der Waals surface area contributed by atoms with Gasteiger partial charge in [-0.25, -0.2) is 0 Å². The van der Waals surface area contributed by atoms with Crippen LogP contribution >= 0.6 is 0 Å². The van der Waals surface area contributed by atoms with Crippen LogP contribution in [0.15, 0.2) is 0 Å². The van der Waals surface area contributed by atoms with Gasteiger partial charge in [-0.2, -0.15) is 13.8 Å². The lowest BCUT2D eigenvalue weighted by molar-refractivity contribution is -0.839. The number of hydrogen-bond acceptors (Lipinski definition) is 1. The lowest BCUT2D eigenvalue weighted by Crippen LogP contribution is -2.46. The molecule has 3 aliphatic heterocycles. The molecule has 0 N–H and O–H groups in total. The van der Waals surface area contributed by atoms with Crippen LogP contribution in [0.2, 0.25) is 0 Å². The van der Waals surface area contributed by atoms with Crippen molar-refractivity contribution in [3.05, 3.63) is 0 Å². The maximum Gasteiger partial charge on any atom is 0.515 e. The monoisotopic (exact) mass is 168 g/mol. The summed E-state index contributed by atoms with van der Waals surface area (Å²) < 4.78 is 1.69. The third kappa shape index (κ3) is 0.756. The summed E-state index contributed by atoms with van der Waals surface area (Å²) in [6.45, 7) is 6.83. The number of carbonyl (C=O) groups excluding carboxylic acids is 1. The van der Waals surface area contributed by atoms with Crippen molar-refractivity contribution in [2.75, 3.05) is 39.3 Å². The molecule has 3 rings (SSSR count). The Morgan fingerprint density at radius 3 is 1.50 bits per heavy atom. The van der Waals surface area contributed by atoms with Gasteiger partial charge in [0.25, 0.3) is 0 Å². The van der Waals surface area contributed by atoms with E-state index in [0.717, 1.165) is 48.2 Å². The zero-order chi connectivity index (χ0) is 8.23. The summed E-state index contributed by atoms with van der Waals surface area (Å²) in [6.07, 6.45) is 2.54. The number of nitrogens with zero attached hydrogens (tertiary/aromatic N) is 2. The molecule has 0 radical (unpaired) electrons. The van der Waals surface area contributed by atoms with Gasteiger partial charge in [0.05, 0.1) is 13.1 Å². The molecule has 0 bridgehead atoms. The minimum atomic E-state index is 0.549. The minimum absolute atomic E-state index is 0.549. The second kappa shape index (κ2) is 1.91. The van der Waals surface area contributed by atoms with E-state index in [4.69, 9.17) is 0 Å². The van der Waals surface area contributed by atoms with Crippen LogP contribution in [0.3, 0.4) is 0 Å². The Hall–Kier alpha value is -0.410. The second-order valence-corrected chi connectivity index (χ2v) is 4.62. The molecule has 3 nitrogen and oxygen atoms in total. The van der Waals surface area contributed by atoms with E-state index in [-0.39, 0.29) is 0 Å². The first-order valence-corrected chi connectivity index (χ1v) is 5.05. The van der Waals surface area contributed by atoms with E-state index in [2.05, 4.69) is 0 Å². The number of quaternary nitrogens is 2. The normalized spacial score (nSPS) is 35.2. The molecule has 2 spiro atoms. The highest BCUT2D eigenvalue weighted by atomic mass is 16.2. The summed E-state index contributed by atoms with van der Waals surface area (Å²) in [5.74, 6) is 0. The van der Waals surface area contributed by atoms with Crippen molar-refractivity contribution in [3.63, 3.8) is 0 Å². The van der Waals surface area contributed by atoms with Crippen molar-refractivity contribution in [3.8, 4) is 0 Å². The topological polar surface area (TPSA) is 17.1 Å². The lowest BCUT2D eigenvalue weighted by Gasteiger charge is -2.15. The molecule has 0 saturated carbocycles. The molecular weight excluding hydrogens is 152 g/mol. The van der Waals surface area contributed by atoms with Gasteiger partial charge in [-0.05, 0) is 0 Å². The van der Waals surface area contributed by atoms with Gasteiger partial charge in [0.1, 0.15) is 26.2 Å². The van der Waals surface area contributed by atoms with Gasteiger partial charge in [-0.1, -0.05) is 0 Å². The Balaban J connectivity index is 1.92. The van der Waals surface area contributed by atoms with Crippen molar-refractivity contribution in [2.24, 2.45) is 0 Å². The molecule has 3 heterocycles. The fourth-order valence-corrected chi connectivity index (χ4v) is 2.54. The minimum Gasteiger partial charge on any atom is -0.197 e. The summed E-state index contributed by atoms with van der Waals surface area (Å²) in [4.78, 5) is 12.1. The Morgan fingerprint density at radius 2 is 1.17 bits per heavy atom. The Kier molecular flexibility index (Phi) is 1.12. The number of hydrogen-bond donors (Lipinski definition) is 0. The number of carbonyl (C=O) groups is 1. The third-order valence-corrected chi connectivity index (χ3v) is 3.76. The zero-order valence-corrected chi connectivity index (χ0v) is 7.46. The Labute approximate surface area is 72.7 Å². The van der Waals surface area contributed by atoms with E-state index in [1.807, 2.05) is 0 Å². The fraction of sp³-hybridized carbons (Fsp3) is 0.889. The van der Waals surface area contributed by atoms with Gasteiger partial charge in [0.2, 0.25) is 0 Å². The van der Waals surface area contributed by atoms with Crippen LogP contribution in [0.4, 0.5) is 4.79 Å². The smallest absolute Gasteiger partial charge is 0.197 e. The first-order chi connectivity index (χ1) is 5.78. The van der Waals surface area contributed by atoms with E-state index in [1.165, 1.54) is 12.8 Å². The van der Waals surface area contributed by atoms with Crippen molar-refractivity contribution < 1.29 is 13.8 Å². The highest BCUT2D eigenvalue weighted by Gasteiger charge is 2.66. The highest BCUT2D eigenvalue weighted by Crippen LogP contribution is 2.37. The molecule has 0 atom stereocenters. The van der Waals surface area contributed by atoms with E-state index < -0.39 is 0 Å². The summed E-state index contributed by atoms with van der Waals surface area (Å²) in [7, 11) is 0. The lowest BCUT2D eigenvalue weighted by atomic mass is 10.3. The van der Waals surface area contributed by atoms with Gasteiger partial charge in [0.15, 0.2) is 0 Å². The summed E-state index contributed by atoms with van der Waals surface area (Å²) in [5.41, 5.74) is 0. The largest absolute Gasteiger partial charge is 0.515 e. The van der Waals surface area contributed by atoms with Crippen LogP contribution in [-0.4, -0.2) is 54.3 Å². The van der Waals surface area contributed by atoms with E-state index in [1.54, 1.807) is 0 Å². The first kappa shape index (κ1) is 7.04. The first-order valence-electron chi connectivity index (χ1n) is 5.05. The van der Waals surface area contributed by atoms with Crippen LogP contribution in [0.5, 0.6) is 0 Å². The summed E-state index contributed by atoms with van der Waals surface area (Å²) in [6, 6.07) is 0.549. The van der Waals surface area contributed by atoms with E-state index in [0.29, 0.717) is 6.03 Å². The van der Waals surface area contributed by atoms with Crippen LogP contribution in [0, 0.1) is 0 Å². The van der Waals surface area contributed by atoms with E-state index in [9.17, 15) is 4.79 Å². The molecule has 2 amide bonds. The third-order valence-electron chi connectivity index (χ3n) is 3.76. The van der Waals surface area contributed by atoms with Gasteiger partial charge < -0.3 is 0 Å². The molecule has 12 heavy (non-hydrogen) atoms. The van der Waals surface area contributed by atoms with Gasteiger partial charge in [0, 0.05) is 12.8 Å². The van der Waals surface area contributed by atoms with Crippen molar-refractivity contribution in [1.29, 1.82) is 0 Å².